The normalized spacial score (nSPS) is 12.7. The molecule has 1 atom stereocenters. The molecule has 78 valence electrons. The molecular formula is C7H12N4O2S. The number of hydrogen-bond acceptors (Lipinski definition) is 4. The first kappa shape index (κ1) is 10.8. The quantitative estimate of drug-likeness (QED) is 0.661. The second-order valence-electron chi connectivity index (χ2n) is 2.79. The van der Waals surface area contributed by atoms with Crippen molar-refractivity contribution >= 4 is 17.7 Å². The number of nitrogens with zero attached hydrogens (tertiary/aromatic N) is 2. The SMILES string of the molecule is CCC(Sc1n[nH]c(=O)n1C)C(N)=O. The smallest absolute Gasteiger partial charge is 0.343 e. The Bertz CT molecular complexity index is 383. The third-order valence-electron chi connectivity index (χ3n) is 1.77. The monoisotopic (exact) mass is 216 g/mol. The number of thioether (sulfide) groups is 1. The zero-order chi connectivity index (χ0) is 10.7. The van der Waals surface area contributed by atoms with Crippen LogP contribution in [0.5, 0.6) is 0 Å². The summed E-state index contributed by atoms with van der Waals surface area (Å²) in [7, 11) is 1.59. The van der Waals surface area contributed by atoms with Crippen LogP contribution in [0.4, 0.5) is 0 Å². The maximum absolute atomic E-state index is 11.0. The second kappa shape index (κ2) is 4.32. The highest BCUT2D eigenvalue weighted by Gasteiger charge is 2.17. The zero-order valence-corrected chi connectivity index (χ0v) is 8.80. The molecule has 0 aliphatic carbocycles. The van der Waals surface area contributed by atoms with Crippen molar-refractivity contribution in [3.63, 3.8) is 0 Å². The van der Waals surface area contributed by atoms with Crippen LogP contribution in [0.15, 0.2) is 9.95 Å². The molecule has 1 unspecified atom stereocenters. The van der Waals surface area contributed by atoms with Crippen molar-refractivity contribution in [2.24, 2.45) is 12.8 Å². The highest BCUT2D eigenvalue weighted by atomic mass is 32.2. The summed E-state index contributed by atoms with van der Waals surface area (Å²) in [6.07, 6.45) is 0.612. The number of aromatic nitrogens is 3. The van der Waals surface area contributed by atoms with Gasteiger partial charge in [0, 0.05) is 7.05 Å². The van der Waals surface area contributed by atoms with E-state index in [1.807, 2.05) is 6.92 Å². The molecule has 0 radical (unpaired) electrons. The third-order valence-corrected chi connectivity index (χ3v) is 3.20. The van der Waals surface area contributed by atoms with Crippen LogP contribution in [0.1, 0.15) is 13.3 Å². The van der Waals surface area contributed by atoms with E-state index in [1.165, 1.54) is 16.3 Å². The largest absolute Gasteiger partial charge is 0.369 e. The standard InChI is InChI=1S/C7H12N4O2S/c1-3-4(5(8)12)14-7-10-9-6(13)11(7)2/h4H,3H2,1-2H3,(H2,8,12)(H,9,13). The summed E-state index contributed by atoms with van der Waals surface area (Å²) in [5, 5.41) is 6.19. The molecule has 0 bridgehead atoms. The Morgan fingerprint density at radius 3 is 2.79 bits per heavy atom. The number of carbonyl (C=O) groups excluding carboxylic acids is 1. The predicted molar refractivity (Wildman–Crippen MR) is 53.0 cm³/mol. The van der Waals surface area contributed by atoms with Crippen LogP contribution in [0.25, 0.3) is 0 Å². The molecule has 0 aliphatic heterocycles. The minimum Gasteiger partial charge on any atom is -0.369 e. The lowest BCUT2D eigenvalue weighted by atomic mass is 10.3. The number of carbonyl (C=O) groups is 1. The van der Waals surface area contributed by atoms with Gasteiger partial charge in [-0.15, -0.1) is 5.10 Å². The molecule has 0 aliphatic rings. The van der Waals surface area contributed by atoms with Crippen molar-refractivity contribution in [1.82, 2.24) is 14.8 Å². The van der Waals surface area contributed by atoms with Crippen molar-refractivity contribution in [2.75, 3.05) is 0 Å². The van der Waals surface area contributed by atoms with Gasteiger partial charge in [0.15, 0.2) is 5.16 Å². The van der Waals surface area contributed by atoms with E-state index in [4.69, 9.17) is 5.73 Å². The number of rotatable bonds is 4. The van der Waals surface area contributed by atoms with Gasteiger partial charge in [-0.25, -0.2) is 9.89 Å². The Labute approximate surface area is 84.9 Å². The summed E-state index contributed by atoms with van der Waals surface area (Å²) < 4.78 is 1.34. The number of amides is 1. The zero-order valence-electron chi connectivity index (χ0n) is 7.98. The van der Waals surface area contributed by atoms with Crippen molar-refractivity contribution in [3.8, 4) is 0 Å². The molecular weight excluding hydrogens is 204 g/mol. The Hall–Kier alpha value is -1.24. The summed E-state index contributed by atoms with van der Waals surface area (Å²) in [4.78, 5) is 21.9. The molecule has 6 nitrogen and oxygen atoms in total. The van der Waals surface area contributed by atoms with Crippen LogP contribution in [-0.4, -0.2) is 25.9 Å². The number of nitrogens with one attached hydrogen (secondary N) is 1. The molecule has 0 saturated carbocycles. The average molecular weight is 216 g/mol. The first-order valence-electron chi connectivity index (χ1n) is 4.13. The molecule has 0 saturated heterocycles. The van der Waals surface area contributed by atoms with E-state index in [0.29, 0.717) is 11.6 Å². The molecule has 1 heterocycles. The molecule has 1 aromatic rings. The van der Waals surface area contributed by atoms with E-state index >= 15 is 0 Å². The summed E-state index contributed by atoms with van der Waals surface area (Å²) in [5.41, 5.74) is 4.87. The average Bonchev–Trinajstić information content (AvgIpc) is 2.44. The first-order valence-corrected chi connectivity index (χ1v) is 5.01. The lowest BCUT2D eigenvalue weighted by Crippen LogP contribution is -2.25. The Kier molecular flexibility index (Phi) is 3.34. The highest BCUT2D eigenvalue weighted by molar-refractivity contribution is 8.00. The first-order chi connectivity index (χ1) is 6.56. The lowest BCUT2D eigenvalue weighted by Gasteiger charge is -2.08. The molecule has 1 rings (SSSR count). The number of hydrogen-bond donors (Lipinski definition) is 2. The number of primary amides is 1. The third kappa shape index (κ3) is 2.16. The van der Waals surface area contributed by atoms with E-state index < -0.39 is 5.91 Å². The van der Waals surface area contributed by atoms with Crippen molar-refractivity contribution in [3.05, 3.63) is 10.5 Å². The van der Waals surface area contributed by atoms with E-state index in [9.17, 15) is 9.59 Å². The molecule has 0 aromatic carbocycles. The van der Waals surface area contributed by atoms with Gasteiger partial charge in [0.2, 0.25) is 5.91 Å². The van der Waals surface area contributed by atoms with Crippen molar-refractivity contribution < 1.29 is 4.79 Å². The summed E-state index contributed by atoms with van der Waals surface area (Å²) >= 11 is 1.19. The fourth-order valence-corrected chi connectivity index (χ4v) is 1.78. The fourth-order valence-electron chi connectivity index (χ4n) is 0.908. The molecule has 1 aromatic heterocycles. The van der Waals surface area contributed by atoms with Gasteiger partial charge in [0.05, 0.1) is 5.25 Å². The molecule has 14 heavy (non-hydrogen) atoms. The molecule has 7 heteroatoms. The van der Waals surface area contributed by atoms with Crippen LogP contribution in [-0.2, 0) is 11.8 Å². The topological polar surface area (TPSA) is 93.8 Å². The van der Waals surface area contributed by atoms with Crippen molar-refractivity contribution in [1.29, 1.82) is 0 Å². The van der Waals surface area contributed by atoms with Gasteiger partial charge in [-0.2, -0.15) is 0 Å². The molecule has 1 amide bonds. The van der Waals surface area contributed by atoms with Gasteiger partial charge in [0.25, 0.3) is 0 Å². The van der Waals surface area contributed by atoms with Gasteiger partial charge >= 0.3 is 5.69 Å². The Morgan fingerprint density at radius 2 is 2.43 bits per heavy atom. The predicted octanol–water partition coefficient (Wildman–Crippen LogP) is -0.536. The van der Waals surface area contributed by atoms with Crippen LogP contribution < -0.4 is 11.4 Å². The van der Waals surface area contributed by atoms with E-state index in [-0.39, 0.29) is 10.9 Å². The van der Waals surface area contributed by atoms with E-state index in [1.54, 1.807) is 7.05 Å². The maximum Gasteiger partial charge on any atom is 0.343 e. The lowest BCUT2D eigenvalue weighted by molar-refractivity contribution is -0.117. The van der Waals surface area contributed by atoms with E-state index in [0.717, 1.165) is 0 Å². The van der Waals surface area contributed by atoms with Gasteiger partial charge in [0.1, 0.15) is 0 Å². The Balaban J connectivity index is 2.82. The van der Waals surface area contributed by atoms with Gasteiger partial charge < -0.3 is 5.73 Å². The minimum absolute atomic E-state index is 0.299. The summed E-state index contributed by atoms with van der Waals surface area (Å²) in [5.74, 6) is -0.395. The van der Waals surface area contributed by atoms with Crippen LogP contribution in [0, 0.1) is 0 Å². The van der Waals surface area contributed by atoms with E-state index in [2.05, 4.69) is 10.2 Å². The Morgan fingerprint density at radius 1 is 1.79 bits per heavy atom. The van der Waals surface area contributed by atoms with Crippen LogP contribution >= 0.6 is 11.8 Å². The summed E-state index contributed by atoms with van der Waals surface area (Å²) in [6, 6.07) is 0. The van der Waals surface area contributed by atoms with Crippen LogP contribution in [0.3, 0.4) is 0 Å². The highest BCUT2D eigenvalue weighted by Crippen LogP contribution is 2.21. The number of aromatic amines is 1. The number of nitrogens with two attached hydrogens (primary N) is 1. The maximum atomic E-state index is 11.0. The van der Waals surface area contributed by atoms with Gasteiger partial charge in [-0.05, 0) is 6.42 Å². The van der Waals surface area contributed by atoms with Gasteiger partial charge in [-0.3, -0.25) is 9.36 Å². The molecule has 0 spiro atoms. The minimum atomic E-state index is -0.395. The molecule has 3 N–H and O–H groups in total. The fraction of sp³-hybridized carbons (Fsp3) is 0.571. The molecule has 0 fully saturated rings. The number of H-pyrrole nitrogens is 1. The van der Waals surface area contributed by atoms with Crippen molar-refractivity contribution in [2.45, 2.75) is 23.8 Å². The summed E-state index contributed by atoms with van der Waals surface area (Å²) in [6.45, 7) is 1.85. The van der Waals surface area contributed by atoms with Gasteiger partial charge in [-0.1, -0.05) is 18.7 Å². The van der Waals surface area contributed by atoms with Crippen LogP contribution in [0.2, 0.25) is 0 Å². The second-order valence-corrected chi connectivity index (χ2v) is 3.96.